The van der Waals surface area contributed by atoms with Crippen molar-refractivity contribution in [1.82, 2.24) is 9.38 Å². The molecule has 1 saturated carbocycles. The van der Waals surface area contributed by atoms with Crippen molar-refractivity contribution in [1.29, 1.82) is 0 Å². The van der Waals surface area contributed by atoms with Gasteiger partial charge in [-0.05, 0) is 24.6 Å². The van der Waals surface area contributed by atoms with Crippen LogP contribution in [-0.2, 0) is 0 Å². The molecule has 2 atom stereocenters. The summed E-state index contributed by atoms with van der Waals surface area (Å²) in [7, 11) is 0. The Hall–Kier alpha value is -2.96. The van der Waals surface area contributed by atoms with Crippen molar-refractivity contribution in [3.8, 4) is 16.9 Å². The highest BCUT2D eigenvalue weighted by Crippen LogP contribution is 2.38. The number of para-hydroxylation sites is 1. The van der Waals surface area contributed by atoms with Crippen LogP contribution in [0.25, 0.3) is 16.8 Å². The number of anilines is 1. The van der Waals surface area contributed by atoms with Crippen LogP contribution < -0.4 is 10.5 Å². The number of aromatic nitrogens is 2. The molecule has 7 heteroatoms. The van der Waals surface area contributed by atoms with E-state index >= 15 is 0 Å². The first kappa shape index (κ1) is 16.5. The maximum atomic E-state index is 13.3. The molecule has 3 aromatic rings. The predicted octanol–water partition coefficient (Wildman–Crippen LogP) is 3.47. The highest BCUT2D eigenvalue weighted by atomic mass is 19.1. The number of benzene rings is 1. The van der Waals surface area contributed by atoms with Crippen molar-refractivity contribution in [3.63, 3.8) is 0 Å². The van der Waals surface area contributed by atoms with Gasteiger partial charge in [-0.2, -0.15) is 0 Å². The lowest BCUT2D eigenvalue weighted by Gasteiger charge is -2.11. The van der Waals surface area contributed by atoms with Gasteiger partial charge in [-0.1, -0.05) is 18.2 Å². The molecule has 2 heterocycles. The number of alkyl halides is 2. The molecule has 1 aliphatic rings. The number of Topliss-reactive ketones (excluding diaryl/α,β-unsaturated/α-hetero) is 1. The average molecular weight is 357 g/mol. The summed E-state index contributed by atoms with van der Waals surface area (Å²) in [6.45, 7) is -0.629. The summed E-state index contributed by atoms with van der Waals surface area (Å²) in [5.74, 6) is -0.340. The molecule has 2 aromatic heterocycles. The Balaban J connectivity index is 1.80. The SMILES string of the molecule is Nc1nc2ccc(-c3ccccc3OCCF)cn2c1C(=O)[C@H]1C[C@H]1F. The molecule has 5 nitrogen and oxygen atoms in total. The van der Waals surface area contributed by atoms with Crippen LogP contribution in [0.4, 0.5) is 14.6 Å². The van der Waals surface area contributed by atoms with Crippen LogP contribution in [0.15, 0.2) is 42.6 Å². The molecule has 4 rings (SSSR count). The number of ketones is 1. The van der Waals surface area contributed by atoms with Crippen molar-refractivity contribution in [3.05, 3.63) is 48.3 Å². The standard InChI is InChI=1S/C19H17F2N3O2/c20-7-8-26-15-4-2-1-3-12(15)11-5-6-16-23-19(22)17(24(16)10-11)18(25)13-9-14(13)21/h1-6,10,13-14H,7-9,22H2/t13-,14+/m0/s1. The Morgan fingerprint density at radius 2 is 2.08 bits per heavy atom. The number of imidazole rings is 1. The molecule has 0 radical (unpaired) electrons. The molecule has 2 N–H and O–H groups in total. The minimum absolute atomic E-state index is 0.0411. The van der Waals surface area contributed by atoms with E-state index in [4.69, 9.17) is 10.5 Å². The monoisotopic (exact) mass is 357 g/mol. The van der Waals surface area contributed by atoms with Crippen LogP contribution in [0.1, 0.15) is 16.9 Å². The normalized spacial score (nSPS) is 18.8. The number of nitrogens with two attached hydrogens (primary N) is 1. The summed E-state index contributed by atoms with van der Waals surface area (Å²) in [4.78, 5) is 16.7. The quantitative estimate of drug-likeness (QED) is 0.686. The number of fused-ring (bicyclic) bond motifs is 1. The molecule has 26 heavy (non-hydrogen) atoms. The second kappa shape index (κ2) is 6.40. The second-order valence-corrected chi connectivity index (χ2v) is 6.25. The maximum Gasteiger partial charge on any atom is 0.189 e. The third-order valence-electron chi connectivity index (χ3n) is 4.46. The largest absolute Gasteiger partial charge is 0.490 e. The summed E-state index contributed by atoms with van der Waals surface area (Å²) < 4.78 is 32.8. The van der Waals surface area contributed by atoms with Crippen LogP contribution in [0.3, 0.4) is 0 Å². The zero-order valence-corrected chi connectivity index (χ0v) is 13.9. The summed E-state index contributed by atoms with van der Waals surface area (Å²) in [5.41, 5.74) is 8.13. The van der Waals surface area contributed by atoms with E-state index in [9.17, 15) is 13.6 Å². The van der Waals surface area contributed by atoms with Crippen LogP contribution in [0, 0.1) is 5.92 Å². The lowest BCUT2D eigenvalue weighted by Crippen LogP contribution is -2.10. The highest BCUT2D eigenvalue weighted by Gasteiger charge is 2.45. The average Bonchev–Trinajstić information content (AvgIpc) is 3.28. The third-order valence-corrected chi connectivity index (χ3v) is 4.46. The van der Waals surface area contributed by atoms with Gasteiger partial charge in [-0.25, -0.2) is 13.8 Å². The van der Waals surface area contributed by atoms with E-state index in [2.05, 4.69) is 4.98 Å². The number of ether oxygens (including phenoxy) is 1. The fraction of sp³-hybridized carbons (Fsp3) is 0.263. The van der Waals surface area contributed by atoms with E-state index in [1.807, 2.05) is 18.2 Å². The second-order valence-electron chi connectivity index (χ2n) is 6.25. The first-order chi connectivity index (χ1) is 12.6. The number of halogens is 2. The molecule has 0 amide bonds. The number of carbonyl (C=O) groups excluding carboxylic acids is 1. The van der Waals surface area contributed by atoms with E-state index in [1.165, 1.54) is 0 Å². The number of hydrogen-bond acceptors (Lipinski definition) is 4. The van der Waals surface area contributed by atoms with Crippen LogP contribution in [0.2, 0.25) is 0 Å². The van der Waals surface area contributed by atoms with E-state index in [0.29, 0.717) is 11.4 Å². The van der Waals surface area contributed by atoms with Crippen molar-refractivity contribution in [2.45, 2.75) is 12.6 Å². The molecule has 0 spiro atoms. The summed E-state index contributed by atoms with van der Waals surface area (Å²) in [6.07, 6.45) is 0.843. The van der Waals surface area contributed by atoms with Crippen LogP contribution in [-0.4, -0.2) is 34.6 Å². The van der Waals surface area contributed by atoms with E-state index in [1.54, 1.807) is 28.8 Å². The van der Waals surface area contributed by atoms with Crippen molar-refractivity contribution in [2.24, 2.45) is 5.92 Å². The van der Waals surface area contributed by atoms with Gasteiger partial charge < -0.3 is 10.5 Å². The van der Waals surface area contributed by atoms with Crippen LogP contribution >= 0.6 is 0 Å². The highest BCUT2D eigenvalue weighted by molar-refractivity contribution is 6.03. The lowest BCUT2D eigenvalue weighted by atomic mass is 10.1. The summed E-state index contributed by atoms with van der Waals surface area (Å²) in [6, 6.07) is 10.8. The zero-order chi connectivity index (χ0) is 18.3. The van der Waals surface area contributed by atoms with Gasteiger partial charge in [-0.3, -0.25) is 9.20 Å². The van der Waals surface area contributed by atoms with Gasteiger partial charge in [0.05, 0.1) is 5.92 Å². The first-order valence-corrected chi connectivity index (χ1v) is 8.34. The Labute approximate surface area is 148 Å². The van der Waals surface area contributed by atoms with Gasteiger partial charge in [0.15, 0.2) is 11.6 Å². The summed E-state index contributed by atoms with van der Waals surface area (Å²) in [5, 5.41) is 0. The number of rotatable bonds is 6. The van der Waals surface area contributed by atoms with Gasteiger partial charge in [0.25, 0.3) is 0 Å². The molecule has 134 valence electrons. The Kier molecular flexibility index (Phi) is 4.06. The van der Waals surface area contributed by atoms with Gasteiger partial charge >= 0.3 is 0 Å². The number of nitrogen functional groups attached to an aromatic ring is 1. The third kappa shape index (κ3) is 2.79. The van der Waals surface area contributed by atoms with Gasteiger partial charge in [-0.15, -0.1) is 0 Å². The Bertz CT molecular complexity index is 986. The predicted molar refractivity (Wildman–Crippen MR) is 93.8 cm³/mol. The van der Waals surface area contributed by atoms with E-state index in [-0.39, 0.29) is 30.3 Å². The fourth-order valence-electron chi connectivity index (χ4n) is 3.06. The van der Waals surface area contributed by atoms with E-state index in [0.717, 1.165) is 11.1 Å². The summed E-state index contributed by atoms with van der Waals surface area (Å²) >= 11 is 0. The molecular formula is C19H17F2N3O2. The topological polar surface area (TPSA) is 69.6 Å². The van der Waals surface area contributed by atoms with Gasteiger partial charge in [0, 0.05) is 17.3 Å². The number of pyridine rings is 1. The van der Waals surface area contributed by atoms with Gasteiger partial charge in [0.2, 0.25) is 0 Å². The molecular weight excluding hydrogens is 340 g/mol. The van der Waals surface area contributed by atoms with Crippen molar-refractivity contribution in [2.75, 3.05) is 19.0 Å². The smallest absolute Gasteiger partial charge is 0.189 e. The molecule has 1 aliphatic carbocycles. The number of carbonyl (C=O) groups is 1. The molecule has 0 saturated heterocycles. The van der Waals surface area contributed by atoms with Gasteiger partial charge in [0.1, 0.15) is 36.5 Å². The molecule has 0 unspecified atom stereocenters. The minimum Gasteiger partial charge on any atom is -0.490 e. The fourth-order valence-corrected chi connectivity index (χ4v) is 3.06. The number of hydrogen-bond donors (Lipinski definition) is 1. The lowest BCUT2D eigenvalue weighted by molar-refractivity contribution is 0.0952. The number of nitrogens with zero attached hydrogens (tertiary/aromatic N) is 2. The van der Waals surface area contributed by atoms with E-state index < -0.39 is 18.8 Å². The first-order valence-electron chi connectivity index (χ1n) is 8.34. The molecule has 0 aliphatic heterocycles. The molecule has 0 bridgehead atoms. The zero-order valence-electron chi connectivity index (χ0n) is 13.9. The molecule has 1 fully saturated rings. The Morgan fingerprint density at radius 3 is 2.81 bits per heavy atom. The molecule has 1 aromatic carbocycles. The van der Waals surface area contributed by atoms with Crippen molar-refractivity contribution < 1.29 is 18.3 Å². The Morgan fingerprint density at radius 1 is 1.31 bits per heavy atom. The van der Waals surface area contributed by atoms with Crippen molar-refractivity contribution >= 4 is 17.2 Å². The van der Waals surface area contributed by atoms with Crippen LogP contribution in [0.5, 0.6) is 5.75 Å². The maximum absolute atomic E-state index is 13.3. The minimum atomic E-state index is -1.11.